The Balaban J connectivity index is 0. The van der Waals surface area contributed by atoms with Crippen LogP contribution in [0.2, 0.25) is 0 Å². The molecule has 0 aliphatic rings. The molecule has 0 fully saturated rings. The average Bonchev–Trinajstić information content (AvgIpc) is 0. The maximum atomic E-state index is 0. The molecule has 0 unspecified atom stereocenters. The Kier molecular flexibility index (Phi) is 97.8. The molecule has 0 saturated carbocycles. The molecule has 0 saturated heterocycles. The summed E-state index contributed by atoms with van der Waals surface area (Å²) < 4.78 is 0. The minimum absolute atomic E-state index is 0. The fourth-order valence-corrected chi connectivity index (χ4v) is 0. The zero-order chi connectivity index (χ0) is 0. The molecule has 0 N–H and O–H groups in total. The van der Waals surface area contributed by atoms with Gasteiger partial charge in [-0.05, 0) is 0 Å². The summed E-state index contributed by atoms with van der Waals surface area (Å²) in [5.41, 5.74) is 0. The summed E-state index contributed by atoms with van der Waals surface area (Å²) in [7, 11) is 0. The van der Waals surface area contributed by atoms with Gasteiger partial charge in [0, 0.05) is 21.7 Å². The number of hydrogen-bond donors (Lipinski definition) is 0. The third-order valence-electron chi connectivity index (χ3n) is 0. The molecule has 0 bridgehead atoms. The summed E-state index contributed by atoms with van der Waals surface area (Å²) >= 11 is 0. The smallest absolute Gasteiger partial charge is 0 e. The molecule has 0 aromatic heterocycles. The topological polar surface area (TPSA) is 0 Å². The first-order valence-electron chi connectivity index (χ1n) is 0. The maximum absolute atomic E-state index is 0. The Morgan fingerprint density at radius 2 is 0.750 bits per heavy atom. The molecule has 0 heterocycles. The van der Waals surface area contributed by atoms with Crippen molar-refractivity contribution in [2.24, 2.45) is 0 Å². The van der Waals surface area contributed by atoms with Gasteiger partial charge >= 0.3 is 96.7 Å². The fraction of sp³-hybridized carbons (Fsp3) is 0. The molecule has 0 aromatic carbocycles. The Labute approximate surface area is 115 Å². The molecule has 0 aliphatic heterocycles. The summed E-state index contributed by atoms with van der Waals surface area (Å²) in [5, 5.41) is 0. The monoisotopic (exact) mass is 436 g/mol. The van der Waals surface area contributed by atoms with E-state index in [0.717, 1.165) is 0 Å². The zero-order valence-electron chi connectivity index (χ0n) is 0.500. The van der Waals surface area contributed by atoms with Crippen LogP contribution in [0.5, 0.6) is 0 Å². The zero-order valence-corrected chi connectivity index (χ0v) is 2.06. The predicted molar refractivity (Wildman–Crippen MR) is 31.2 cm³/mol. The van der Waals surface area contributed by atoms with Crippen LogP contribution in [0.25, 0.3) is 0 Å². The third-order valence-corrected chi connectivity index (χ3v) is 0. The molecule has 0 aliphatic carbocycles. The van der Waals surface area contributed by atoms with Crippen LogP contribution < -0.4 is 0 Å². The van der Waals surface area contributed by atoms with Crippen molar-refractivity contribution in [3.8, 4) is 0 Å². The van der Waals surface area contributed by atoms with Crippen LogP contribution in [-0.4, -0.2) is 96.7 Å². The van der Waals surface area contributed by atoms with E-state index >= 15 is 0 Å². The molecular weight excluding hydrogens is 423 g/mol. The summed E-state index contributed by atoms with van der Waals surface area (Å²) in [6, 6.07) is 0. The Hall–Kier alpha value is 3.88. The molecule has 0 radical (unpaired) electrons. The fourth-order valence-electron chi connectivity index (χ4n) is 0. The second kappa shape index (κ2) is 15.8. The van der Waals surface area contributed by atoms with Crippen molar-refractivity contribution < 1.29 is 21.7 Å². The van der Waals surface area contributed by atoms with E-state index in [2.05, 4.69) is 0 Å². The standard InChI is InChI=1S/Ba.2Sn.Ti.10H. The van der Waals surface area contributed by atoms with Crippen LogP contribution >= 0.6 is 0 Å². The minimum Gasteiger partial charge on any atom is 0 e. The third kappa shape index (κ3) is 9.30. The van der Waals surface area contributed by atoms with Crippen molar-refractivity contribution in [2.45, 2.75) is 0 Å². The minimum atomic E-state index is 0. The van der Waals surface area contributed by atoms with Crippen LogP contribution in [0, 0.1) is 0 Å². The molecule has 24 valence electrons. The summed E-state index contributed by atoms with van der Waals surface area (Å²) in [6.45, 7) is 0. The van der Waals surface area contributed by atoms with E-state index in [-0.39, 0.29) is 118 Å². The first-order chi connectivity index (χ1) is 0. The molecular formula is H10BaSn2Ti. The van der Waals surface area contributed by atoms with Crippen molar-refractivity contribution in [3.05, 3.63) is 0 Å². The number of hydrogen-bond acceptors (Lipinski definition) is 0. The van der Waals surface area contributed by atoms with Crippen molar-refractivity contribution in [1.29, 1.82) is 0 Å². The van der Waals surface area contributed by atoms with Gasteiger partial charge in [-0.25, -0.2) is 0 Å². The molecule has 0 amide bonds. The van der Waals surface area contributed by atoms with E-state index < -0.39 is 0 Å². The first-order valence-corrected chi connectivity index (χ1v) is 0. The van der Waals surface area contributed by atoms with Gasteiger partial charge < -0.3 is 0 Å². The Morgan fingerprint density at radius 3 is 0.750 bits per heavy atom. The van der Waals surface area contributed by atoms with Gasteiger partial charge in [0.05, 0.1) is 0 Å². The van der Waals surface area contributed by atoms with Gasteiger partial charge in [-0.1, -0.05) is 0 Å². The summed E-state index contributed by atoms with van der Waals surface area (Å²) in [6.07, 6.45) is 0. The average molecular weight is 433 g/mol. The second-order valence-electron chi connectivity index (χ2n) is 0. The molecule has 0 nitrogen and oxygen atoms in total. The van der Waals surface area contributed by atoms with Crippen LogP contribution in [0.1, 0.15) is 0 Å². The van der Waals surface area contributed by atoms with Gasteiger partial charge in [-0.2, -0.15) is 0 Å². The van der Waals surface area contributed by atoms with Gasteiger partial charge in [-0.3, -0.25) is 0 Å². The van der Waals surface area contributed by atoms with E-state index in [4.69, 9.17) is 0 Å². The van der Waals surface area contributed by atoms with E-state index in [0.29, 0.717) is 0 Å². The van der Waals surface area contributed by atoms with E-state index in [1.54, 1.807) is 0 Å². The van der Waals surface area contributed by atoms with Gasteiger partial charge in [0.25, 0.3) is 0 Å². The molecule has 4 heavy (non-hydrogen) atoms. The van der Waals surface area contributed by atoms with Crippen LogP contribution in [-0.2, 0) is 21.7 Å². The van der Waals surface area contributed by atoms with E-state index in [9.17, 15) is 0 Å². The van der Waals surface area contributed by atoms with Crippen molar-refractivity contribution >= 4 is 96.7 Å². The second-order valence-corrected chi connectivity index (χ2v) is 0. The van der Waals surface area contributed by atoms with Gasteiger partial charge in [-0.15, -0.1) is 0 Å². The molecule has 0 rings (SSSR count). The van der Waals surface area contributed by atoms with Gasteiger partial charge in [0.15, 0.2) is 0 Å². The van der Waals surface area contributed by atoms with Crippen LogP contribution in [0.4, 0.5) is 0 Å². The molecule has 4 heteroatoms. The summed E-state index contributed by atoms with van der Waals surface area (Å²) in [5.74, 6) is 0. The summed E-state index contributed by atoms with van der Waals surface area (Å²) in [4.78, 5) is 0. The van der Waals surface area contributed by atoms with Crippen molar-refractivity contribution in [2.75, 3.05) is 0 Å². The van der Waals surface area contributed by atoms with Crippen LogP contribution in [0.3, 0.4) is 0 Å². The Morgan fingerprint density at radius 1 is 0.750 bits per heavy atom. The molecule has 0 spiro atoms. The van der Waals surface area contributed by atoms with Crippen LogP contribution in [0.15, 0.2) is 0 Å². The molecule has 0 aromatic rings. The quantitative estimate of drug-likeness (QED) is 0.344. The van der Waals surface area contributed by atoms with Gasteiger partial charge in [0.1, 0.15) is 0 Å². The van der Waals surface area contributed by atoms with E-state index in [1.165, 1.54) is 0 Å². The van der Waals surface area contributed by atoms with E-state index in [1.807, 2.05) is 0 Å². The van der Waals surface area contributed by atoms with Crippen molar-refractivity contribution in [1.82, 2.24) is 0 Å². The largest absolute Gasteiger partial charge is 0 e. The van der Waals surface area contributed by atoms with Crippen molar-refractivity contribution in [3.63, 3.8) is 0 Å². The normalized spacial score (nSPS) is 0. The Bertz CT molecular complexity index is 6.00. The predicted octanol–water partition coefficient (Wildman–Crippen LogP) is -3.82. The van der Waals surface area contributed by atoms with Gasteiger partial charge in [0.2, 0.25) is 0 Å². The SMILES string of the molecule is [BaH2].[SnH4].[SnH4].[Ti]. The molecule has 0 atom stereocenters. The maximum Gasteiger partial charge on any atom is 0 e. The first kappa shape index (κ1) is 24.8. The number of rotatable bonds is 0.